The summed E-state index contributed by atoms with van der Waals surface area (Å²) in [5.74, 6) is 0.919. The van der Waals surface area contributed by atoms with Gasteiger partial charge in [-0.25, -0.2) is 4.99 Å². The van der Waals surface area contributed by atoms with Crippen molar-refractivity contribution in [1.82, 2.24) is 25.3 Å². The van der Waals surface area contributed by atoms with Crippen molar-refractivity contribution >= 4 is 29.9 Å². The molecule has 0 aromatic carbocycles. The molecule has 1 aromatic rings. The van der Waals surface area contributed by atoms with E-state index in [2.05, 4.69) is 48.0 Å². The Bertz CT molecular complexity index is 602. The van der Waals surface area contributed by atoms with Crippen LogP contribution in [0.3, 0.4) is 0 Å². The van der Waals surface area contributed by atoms with Gasteiger partial charge in [0.2, 0.25) is 0 Å². The molecule has 0 unspecified atom stereocenters. The highest BCUT2D eigenvalue weighted by molar-refractivity contribution is 14.0. The average molecular weight is 488 g/mol. The zero-order valence-corrected chi connectivity index (χ0v) is 19.8. The van der Waals surface area contributed by atoms with Crippen LogP contribution in [0.2, 0.25) is 0 Å². The second-order valence-corrected chi connectivity index (χ2v) is 6.91. The smallest absolute Gasteiger partial charge is 0.191 e. The first-order valence-electron chi connectivity index (χ1n) is 10.0. The fourth-order valence-corrected chi connectivity index (χ4v) is 3.69. The van der Waals surface area contributed by atoms with E-state index in [-0.39, 0.29) is 24.0 Å². The normalized spacial score (nSPS) is 16.1. The number of piperidine rings is 1. The molecule has 0 saturated carbocycles. The van der Waals surface area contributed by atoms with Crippen molar-refractivity contribution in [1.29, 1.82) is 0 Å². The van der Waals surface area contributed by atoms with Gasteiger partial charge in [0.15, 0.2) is 5.96 Å². The minimum Gasteiger partial charge on any atom is -0.357 e. The van der Waals surface area contributed by atoms with E-state index in [0.717, 1.165) is 57.8 Å². The quantitative estimate of drug-likeness (QED) is 0.256. The Labute approximate surface area is 181 Å². The summed E-state index contributed by atoms with van der Waals surface area (Å²) in [6, 6.07) is 0.485. The summed E-state index contributed by atoms with van der Waals surface area (Å²) in [6.45, 7) is 15.1. The molecule has 2 rings (SSSR count). The Kier molecular flexibility index (Phi) is 11.0. The third-order valence-electron chi connectivity index (χ3n) is 5.08. The van der Waals surface area contributed by atoms with E-state index in [9.17, 15) is 0 Å². The lowest BCUT2D eigenvalue weighted by atomic mass is 10.1. The van der Waals surface area contributed by atoms with Crippen molar-refractivity contribution in [2.24, 2.45) is 12.0 Å². The molecule has 0 atom stereocenters. The number of nitrogens with zero attached hydrogens (tertiary/aromatic N) is 4. The number of aromatic nitrogens is 2. The van der Waals surface area contributed by atoms with Gasteiger partial charge >= 0.3 is 0 Å². The molecule has 27 heavy (non-hydrogen) atoms. The van der Waals surface area contributed by atoms with Crippen LogP contribution in [-0.4, -0.2) is 52.9 Å². The van der Waals surface area contributed by atoms with Gasteiger partial charge in [-0.15, -0.1) is 30.6 Å². The molecule has 1 fully saturated rings. The van der Waals surface area contributed by atoms with Crippen LogP contribution in [0.4, 0.5) is 0 Å². The molecule has 6 nitrogen and oxygen atoms in total. The molecule has 0 amide bonds. The first kappa shape index (κ1) is 23.9. The largest absolute Gasteiger partial charge is 0.357 e. The molecule has 0 radical (unpaired) electrons. The number of halogens is 1. The third kappa shape index (κ3) is 6.78. The number of nitrogens with one attached hydrogen (secondary N) is 2. The number of likely N-dealkylation sites (tertiary alicyclic amines) is 1. The minimum atomic E-state index is 0. The zero-order chi connectivity index (χ0) is 18.9. The van der Waals surface area contributed by atoms with Gasteiger partial charge in [0.1, 0.15) is 0 Å². The zero-order valence-electron chi connectivity index (χ0n) is 17.4. The van der Waals surface area contributed by atoms with Gasteiger partial charge in [-0.2, -0.15) is 5.10 Å². The summed E-state index contributed by atoms with van der Waals surface area (Å²) >= 11 is 0. The fourth-order valence-electron chi connectivity index (χ4n) is 3.69. The number of aliphatic imine (C=N–C) groups is 1. The van der Waals surface area contributed by atoms with E-state index >= 15 is 0 Å². The van der Waals surface area contributed by atoms with Crippen LogP contribution in [0.25, 0.3) is 0 Å². The van der Waals surface area contributed by atoms with Crippen molar-refractivity contribution < 1.29 is 0 Å². The number of hydrogen-bond donors (Lipinski definition) is 2. The first-order valence-corrected chi connectivity index (χ1v) is 10.0. The van der Waals surface area contributed by atoms with Crippen molar-refractivity contribution in [3.63, 3.8) is 0 Å². The summed E-state index contributed by atoms with van der Waals surface area (Å²) in [6.07, 6.45) is 6.21. The Morgan fingerprint density at radius 2 is 1.96 bits per heavy atom. The van der Waals surface area contributed by atoms with Gasteiger partial charge in [0, 0.05) is 50.5 Å². The number of aryl methyl sites for hydroxylation is 2. The summed E-state index contributed by atoms with van der Waals surface area (Å²) in [5, 5.41) is 11.7. The van der Waals surface area contributed by atoms with Crippen molar-refractivity contribution in [3.8, 4) is 0 Å². The lowest BCUT2D eigenvalue weighted by molar-refractivity contribution is 0.225. The molecule has 1 aromatic heterocycles. The number of hydrogen-bond acceptors (Lipinski definition) is 3. The predicted octanol–water partition coefficient (Wildman–Crippen LogP) is 2.87. The van der Waals surface area contributed by atoms with Gasteiger partial charge < -0.3 is 10.6 Å². The maximum absolute atomic E-state index is 4.88. The van der Waals surface area contributed by atoms with Crippen molar-refractivity contribution in [3.05, 3.63) is 29.6 Å². The highest BCUT2D eigenvalue weighted by Gasteiger charge is 2.19. The molecule has 2 heterocycles. The van der Waals surface area contributed by atoms with E-state index in [0.29, 0.717) is 12.6 Å². The second-order valence-electron chi connectivity index (χ2n) is 6.91. The van der Waals surface area contributed by atoms with Crippen LogP contribution in [0.5, 0.6) is 0 Å². The summed E-state index contributed by atoms with van der Waals surface area (Å²) in [4.78, 5) is 7.33. The summed E-state index contributed by atoms with van der Waals surface area (Å²) in [5.41, 5.74) is 3.75. The van der Waals surface area contributed by atoms with Gasteiger partial charge in [-0.1, -0.05) is 19.9 Å². The predicted molar refractivity (Wildman–Crippen MR) is 125 cm³/mol. The highest BCUT2D eigenvalue weighted by Crippen LogP contribution is 2.17. The summed E-state index contributed by atoms with van der Waals surface area (Å²) < 4.78 is 2.01. The number of rotatable bonds is 8. The van der Waals surface area contributed by atoms with Gasteiger partial charge in [-0.05, 0) is 32.6 Å². The molecule has 1 saturated heterocycles. The van der Waals surface area contributed by atoms with E-state index < -0.39 is 0 Å². The SMILES string of the molecule is C=CCN1CCC(NC(=NCc2c(CC)nn(C)c2CC)NCC)CC1.I. The van der Waals surface area contributed by atoms with Crippen LogP contribution in [0, 0.1) is 0 Å². The van der Waals surface area contributed by atoms with E-state index in [1.54, 1.807) is 0 Å². The Balaban J connectivity index is 0.00000364. The molecular weight excluding hydrogens is 451 g/mol. The van der Waals surface area contributed by atoms with Crippen molar-refractivity contribution in [2.45, 2.75) is 59.0 Å². The first-order chi connectivity index (χ1) is 12.6. The molecule has 1 aliphatic heterocycles. The van der Waals surface area contributed by atoms with E-state index in [1.165, 1.54) is 17.0 Å². The topological polar surface area (TPSA) is 57.5 Å². The second kappa shape index (κ2) is 12.4. The standard InChI is InChI=1S/C20H36N6.HI/c1-6-12-26-13-10-16(11-14-26)23-20(21-9-4)22-15-17-18(7-2)24-25(5)19(17)8-3;/h6,16H,1,7-15H2,2-5H3,(H2,21,22,23);1H. The Morgan fingerprint density at radius 1 is 1.26 bits per heavy atom. The minimum absolute atomic E-state index is 0. The molecule has 7 heteroatoms. The van der Waals surface area contributed by atoms with Gasteiger partial charge in [0.05, 0.1) is 12.2 Å². The van der Waals surface area contributed by atoms with Crippen LogP contribution in [0.1, 0.15) is 50.6 Å². The molecular formula is C20H37IN6. The van der Waals surface area contributed by atoms with Crippen LogP contribution < -0.4 is 10.6 Å². The van der Waals surface area contributed by atoms with E-state index in [1.807, 2.05) is 17.8 Å². The lowest BCUT2D eigenvalue weighted by Gasteiger charge is -2.32. The molecule has 154 valence electrons. The van der Waals surface area contributed by atoms with Crippen LogP contribution >= 0.6 is 24.0 Å². The van der Waals surface area contributed by atoms with Crippen LogP contribution in [-0.2, 0) is 26.4 Å². The highest BCUT2D eigenvalue weighted by atomic mass is 127. The lowest BCUT2D eigenvalue weighted by Crippen LogP contribution is -2.48. The Morgan fingerprint density at radius 3 is 2.52 bits per heavy atom. The van der Waals surface area contributed by atoms with E-state index in [4.69, 9.17) is 4.99 Å². The van der Waals surface area contributed by atoms with Gasteiger partial charge in [0.25, 0.3) is 0 Å². The summed E-state index contributed by atoms with van der Waals surface area (Å²) in [7, 11) is 2.03. The number of guanidine groups is 1. The monoisotopic (exact) mass is 488 g/mol. The van der Waals surface area contributed by atoms with Crippen molar-refractivity contribution in [2.75, 3.05) is 26.2 Å². The molecule has 1 aliphatic rings. The van der Waals surface area contributed by atoms with Crippen LogP contribution in [0.15, 0.2) is 17.6 Å². The maximum Gasteiger partial charge on any atom is 0.191 e. The fraction of sp³-hybridized carbons (Fsp3) is 0.700. The Hall–Kier alpha value is -1.09. The maximum atomic E-state index is 4.88. The average Bonchev–Trinajstić information content (AvgIpc) is 2.96. The molecule has 2 N–H and O–H groups in total. The van der Waals surface area contributed by atoms with Gasteiger partial charge in [-0.3, -0.25) is 9.58 Å². The third-order valence-corrected chi connectivity index (χ3v) is 5.08. The molecule has 0 aliphatic carbocycles. The molecule has 0 bridgehead atoms. The molecule has 0 spiro atoms.